The summed E-state index contributed by atoms with van der Waals surface area (Å²) in [5, 5.41) is 4.16. The first kappa shape index (κ1) is 26.6. The van der Waals surface area contributed by atoms with E-state index in [0.717, 1.165) is 27.7 Å². The largest absolute Gasteiger partial charge is 0.493 e. The Balaban J connectivity index is 1.30. The topological polar surface area (TPSA) is 102 Å². The highest BCUT2D eigenvalue weighted by Crippen LogP contribution is 2.35. The smallest absolute Gasteiger partial charge is 0.258 e. The molecule has 0 unspecified atom stereocenters. The fraction of sp³-hybridized carbons (Fsp3) is 0.312. The molecule has 4 aromatic rings. The number of nitrogens with one attached hydrogen (secondary N) is 2. The van der Waals surface area contributed by atoms with Gasteiger partial charge in [0.15, 0.2) is 23.0 Å². The molecule has 6 rings (SSSR count). The van der Waals surface area contributed by atoms with Gasteiger partial charge in [0.25, 0.3) is 5.91 Å². The zero-order valence-corrected chi connectivity index (χ0v) is 23.0. The number of aromatic nitrogens is 1. The SMILES string of the molecule is COc1ccc2cc1OCCCN(C(=O)c1cccc3c1OCCO3)CC(=O)NCCc1c([nH]c3ccccc13)C2. The third-order valence-corrected chi connectivity index (χ3v) is 7.46. The summed E-state index contributed by atoms with van der Waals surface area (Å²) in [5.74, 6) is 1.73. The van der Waals surface area contributed by atoms with Crippen molar-refractivity contribution in [3.8, 4) is 23.0 Å². The number of aromatic amines is 1. The first-order valence-electron chi connectivity index (χ1n) is 13.9. The maximum Gasteiger partial charge on any atom is 0.258 e. The van der Waals surface area contributed by atoms with Crippen LogP contribution in [0.4, 0.5) is 0 Å². The molecule has 2 N–H and O–H groups in total. The Bertz CT molecular complexity index is 1580. The summed E-state index contributed by atoms with van der Waals surface area (Å²) in [6.45, 7) is 1.83. The molecule has 2 aliphatic heterocycles. The zero-order chi connectivity index (χ0) is 28.2. The molecule has 0 radical (unpaired) electrons. The predicted molar refractivity (Wildman–Crippen MR) is 154 cm³/mol. The molecule has 9 nitrogen and oxygen atoms in total. The summed E-state index contributed by atoms with van der Waals surface area (Å²) in [7, 11) is 1.62. The Kier molecular flexibility index (Phi) is 7.67. The quantitative estimate of drug-likeness (QED) is 0.386. The van der Waals surface area contributed by atoms with Crippen LogP contribution in [0, 0.1) is 0 Å². The van der Waals surface area contributed by atoms with Gasteiger partial charge in [0.05, 0.1) is 25.8 Å². The number of benzene rings is 3. The lowest BCUT2D eigenvalue weighted by Crippen LogP contribution is -2.42. The minimum absolute atomic E-state index is 0.0805. The van der Waals surface area contributed by atoms with Gasteiger partial charge in [0, 0.05) is 36.1 Å². The summed E-state index contributed by atoms with van der Waals surface area (Å²) in [6, 6.07) is 19.4. The maximum atomic E-state index is 13.7. The third-order valence-electron chi connectivity index (χ3n) is 7.46. The Hall–Kier alpha value is -4.66. The minimum Gasteiger partial charge on any atom is -0.493 e. The van der Waals surface area contributed by atoms with Crippen LogP contribution in [0.15, 0.2) is 60.7 Å². The molecule has 2 aliphatic rings. The molecule has 9 heteroatoms. The van der Waals surface area contributed by atoms with Crippen molar-refractivity contribution in [2.75, 3.05) is 46.6 Å². The Morgan fingerprint density at radius 2 is 1.80 bits per heavy atom. The number of fused-ring (bicyclic) bond motifs is 6. The van der Waals surface area contributed by atoms with Crippen LogP contribution in [0.1, 0.15) is 33.6 Å². The molecule has 0 saturated carbocycles. The molecular weight excluding hydrogens is 522 g/mol. The number of para-hydroxylation sites is 2. The summed E-state index contributed by atoms with van der Waals surface area (Å²) < 4.78 is 23.2. The monoisotopic (exact) mass is 555 g/mol. The van der Waals surface area contributed by atoms with E-state index in [0.29, 0.717) is 80.7 Å². The van der Waals surface area contributed by atoms with Gasteiger partial charge in [0.2, 0.25) is 5.91 Å². The molecule has 212 valence electrons. The van der Waals surface area contributed by atoms with Crippen LogP contribution in [0.2, 0.25) is 0 Å². The molecule has 2 bridgehead atoms. The van der Waals surface area contributed by atoms with Crippen LogP contribution in [0.5, 0.6) is 23.0 Å². The van der Waals surface area contributed by atoms with Crippen molar-refractivity contribution in [3.63, 3.8) is 0 Å². The third kappa shape index (κ3) is 5.66. The van der Waals surface area contributed by atoms with Gasteiger partial charge in [-0.2, -0.15) is 0 Å². The minimum atomic E-state index is -0.290. The number of hydrogen-bond acceptors (Lipinski definition) is 6. The summed E-state index contributed by atoms with van der Waals surface area (Å²) >= 11 is 0. The number of amides is 2. The lowest BCUT2D eigenvalue weighted by Gasteiger charge is -2.26. The van der Waals surface area contributed by atoms with Gasteiger partial charge in [-0.15, -0.1) is 0 Å². The number of nitrogens with zero attached hydrogens (tertiary/aromatic N) is 1. The lowest BCUT2D eigenvalue weighted by molar-refractivity contribution is -0.121. The van der Waals surface area contributed by atoms with E-state index in [1.54, 1.807) is 30.2 Å². The Morgan fingerprint density at radius 3 is 2.71 bits per heavy atom. The van der Waals surface area contributed by atoms with E-state index in [2.05, 4.69) is 22.4 Å². The van der Waals surface area contributed by atoms with E-state index < -0.39 is 0 Å². The second kappa shape index (κ2) is 11.8. The van der Waals surface area contributed by atoms with Crippen LogP contribution in [-0.2, 0) is 17.6 Å². The molecule has 0 saturated heterocycles. The first-order valence-corrected chi connectivity index (χ1v) is 13.9. The highest BCUT2D eigenvalue weighted by Gasteiger charge is 2.26. The van der Waals surface area contributed by atoms with Crippen molar-refractivity contribution in [1.29, 1.82) is 0 Å². The molecule has 41 heavy (non-hydrogen) atoms. The summed E-state index contributed by atoms with van der Waals surface area (Å²) in [5.41, 5.74) is 4.77. The lowest BCUT2D eigenvalue weighted by atomic mass is 10.0. The first-order chi connectivity index (χ1) is 20.1. The second-order valence-electron chi connectivity index (χ2n) is 10.1. The molecule has 0 fully saturated rings. The number of rotatable bonds is 2. The van der Waals surface area contributed by atoms with Crippen molar-refractivity contribution in [3.05, 3.63) is 83.0 Å². The van der Waals surface area contributed by atoms with Crippen molar-refractivity contribution in [2.45, 2.75) is 19.3 Å². The normalized spacial score (nSPS) is 15.9. The number of ether oxygens (including phenoxy) is 4. The fourth-order valence-electron chi connectivity index (χ4n) is 5.50. The second-order valence-corrected chi connectivity index (χ2v) is 10.1. The van der Waals surface area contributed by atoms with E-state index in [1.807, 2.05) is 30.3 Å². The van der Waals surface area contributed by atoms with Gasteiger partial charge in [-0.3, -0.25) is 9.59 Å². The molecule has 3 heterocycles. The zero-order valence-electron chi connectivity index (χ0n) is 23.0. The Labute approximate surface area is 238 Å². The van der Waals surface area contributed by atoms with E-state index in [1.165, 1.54) is 0 Å². The summed E-state index contributed by atoms with van der Waals surface area (Å²) in [4.78, 5) is 32.0. The van der Waals surface area contributed by atoms with Gasteiger partial charge in [-0.1, -0.05) is 30.3 Å². The number of carbonyl (C=O) groups excluding carboxylic acids is 2. The molecule has 2 amide bonds. The number of methoxy groups -OCH3 is 1. The van der Waals surface area contributed by atoms with Crippen molar-refractivity contribution < 1.29 is 28.5 Å². The highest BCUT2D eigenvalue weighted by atomic mass is 16.6. The standard InChI is InChI=1S/C32H33N3O6/c1-38-27-11-10-21-18-26-23(22-6-2-3-8-25(22)34-26)12-13-33-30(36)20-35(14-5-15-39-29(27)19-21)32(37)24-7-4-9-28-31(24)41-17-16-40-28/h2-4,6-11,19,34H,5,12-18,20H2,1H3,(H,33,36). The molecule has 0 aliphatic carbocycles. The van der Waals surface area contributed by atoms with Crippen LogP contribution in [0.3, 0.4) is 0 Å². The average molecular weight is 556 g/mol. The van der Waals surface area contributed by atoms with E-state index in [4.69, 9.17) is 18.9 Å². The molecule has 3 aromatic carbocycles. The highest BCUT2D eigenvalue weighted by molar-refractivity contribution is 5.99. The van der Waals surface area contributed by atoms with Crippen molar-refractivity contribution in [1.82, 2.24) is 15.2 Å². The number of hydrogen-bond donors (Lipinski definition) is 2. The molecule has 1 aromatic heterocycles. The van der Waals surface area contributed by atoms with Gasteiger partial charge in [-0.25, -0.2) is 0 Å². The van der Waals surface area contributed by atoms with Crippen molar-refractivity contribution >= 4 is 22.7 Å². The number of carbonyl (C=O) groups is 2. The number of H-pyrrole nitrogens is 1. The van der Waals surface area contributed by atoms with Crippen LogP contribution in [-0.4, -0.2) is 68.3 Å². The van der Waals surface area contributed by atoms with Crippen LogP contribution < -0.4 is 24.3 Å². The fourth-order valence-corrected chi connectivity index (χ4v) is 5.50. The Morgan fingerprint density at radius 1 is 0.951 bits per heavy atom. The van der Waals surface area contributed by atoms with Gasteiger partial charge >= 0.3 is 0 Å². The van der Waals surface area contributed by atoms with Gasteiger partial charge < -0.3 is 34.1 Å². The molecule has 0 atom stereocenters. The average Bonchev–Trinajstić information content (AvgIpc) is 3.34. The van der Waals surface area contributed by atoms with Gasteiger partial charge in [-0.05, 0) is 54.3 Å². The molecular formula is C32H33N3O6. The van der Waals surface area contributed by atoms with Crippen LogP contribution >= 0.6 is 0 Å². The van der Waals surface area contributed by atoms with Crippen molar-refractivity contribution in [2.24, 2.45) is 0 Å². The molecule has 0 spiro atoms. The predicted octanol–water partition coefficient (Wildman–Crippen LogP) is 4.12. The van der Waals surface area contributed by atoms with Gasteiger partial charge in [0.1, 0.15) is 13.2 Å². The van der Waals surface area contributed by atoms with E-state index in [-0.39, 0.29) is 18.4 Å². The summed E-state index contributed by atoms with van der Waals surface area (Å²) in [6.07, 6.45) is 1.86. The van der Waals surface area contributed by atoms with E-state index >= 15 is 0 Å². The van der Waals surface area contributed by atoms with E-state index in [9.17, 15) is 9.59 Å². The van der Waals surface area contributed by atoms with Crippen LogP contribution in [0.25, 0.3) is 10.9 Å². The maximum absolute atomic E-state index is 13.7.